The molecule has 2 aromatic rings. The Balaban J connectivity index is 1.67. The Morgan fingerprint density at radius 1 is 1.03 bits per heavy atom. The number of aliphatic hydroxyl groups is 1. The van der Waals surface area contributed by atoms with Crippen molar-refractivity contribution >= 4 is 17.3 Å². The number of anilines is 1. The van der Waals surface area contributed by atoms with Gasteiger partial charge in [0.05, 0.1) is 12.1 Å². The van der Waals surface area contributed by atoms with Crippen LogP contribution in [0.3, 0.4) is 0 Å². The Bertz CT molecular complexity index is 835. The first-order valence-corrected chi connectivity index (χ1v) is 12.1. The first kappa shape index (κ1) is 21.7. The minimum atomic E-state index is -0.509. The van der Waals surface area contributed by atoms with Crippen LogP contribution >= 0.6 is 11.6 Å². The molecule has 1 saturated heterocycles. The third-order valence-corrected chi connectivity index (χ3v) is 7.91. The lowest BCUT2D eigenvalue weighted by molar-refractivity contribution is -0.958. The van der Waals surface area contributed by atoms with Gasteiger partial charge in [0, 0.05) is 47.3 Å². The molecule has 2 aromatic carbocycles. The van der Waals surface area contributed by atoms with Gasteiger partial charge >= 0.3 is 0 Å². The predicted molar refractivity (Wildman–Crippen MR) is 125 cm³/mol. The maximum Gasteiger partial charge on any atom is 0.119 e. The number of hydrogen-bond acceptors (Lipinski definition) is 2. The second kappa shape index (κ2) is 9.30. The average Bonchev–Trinajstić information content (AvgIpc) is 2.77. The van der Waals surface area contributed by atoms with E-state index in [0.717, 1.165) is 56.9 Å². The number of nitrogens with one attached hydrogen (secondary N) is 1. The fourth-order valence-corrected chi connectivity index (χ4v) is 6.09. The normalized spacial score (nSPS) is 28.7. The summed E-state index contributed by atoms with van der Waals surface area (Å²) in [5.41, 5.74) is 3.34. The second-order valence-electron chi connectivity index (χ2n) is 9.12. The molecule has 162 valence electrons. The van der Waals surface area contributed by atoms with Crippen molar-refractivity contribution in [2.75, 3.05) is 24.5 Å². The van der Waals surface area contributed by atoms with Crippen LogP contribution < -0.4 is 9.80 Å². The van der Waals surface area contributed by atoms with Gasteiger partial charge in [-0.15, -0.1) is 0 Å². The molecule has 1 aliphatic heterocycles. The lowest BCUT2D eigenvalue weighted by Crippen LogP contribution is -3.13. The Morgan fingerprint density at radius 3 is 2.47 bits per heavy atom. The zero-order valence-corrected chi connectivity index (χ0v) is 19.2. The van der Waals surface area contributed by atoms with E-state index in [-0.39, 0.29) is 0 Å². The van der Waals surface area contributed by atoms with Crippen LogP contribution in [-0.4, -0.2) is 30.3 Å². The smallest absolute Gasteiger partial charge is 0.119 e. The van der Waals surface area contributed by atoms with Gasteiger partial charge in [-0.05, 0) is 44.9 Å². The third-order valence-electron chi connectivity index (χ3n) is 7.54. The van der Waals surface area contributed by atoms with Crippen molar-refractivity contribution in [1.82, 2.24) is 0 Å². The fraction of sp³-hybridized carbons (Fsp3) is 0.538. The molecule has 0 aromatic heterocycles. The van der Waals surface area contributed by atoms with E-state index >= 15 is 0 Å². The molecule has 1 saturated carbocycles. The van der Waals surface area contributed by atoms with Crippen LogP contribution in [0.5, 0.6) is 0 Å². The van der Waals surface area contributed by atoms with Gasteiger partial charge in [0.2, 0.25) is 0 Å². The number of hydrogen-bond donors (Lipinski definition) is 2. The summed E-state index contributed by atoms with van der Waals surface area (Å²) in [5.74, 6) is 0.316. The minimum Gasteiger partial charge on any atom is -0.389 e. The highest BCUT2D eigenvalue weighted by molar-refractivity contribution is 6.31. The molecule has 0 bridgehead atoms. The summed E-state index contributed by atoms with van der Waals surface area (Å²) in [5, 5.41) is 12.4. The van der Waals surface area contributed by atoms with Crippen molar-refractivity contribution < 1.29 is 10.0 Å². The maximum atomic E-state index is 11.5. The number of quaternary nitrogens is 1. The van der Waals surface area contributed by atoms with Crippen LogP contribution in [0, 0.1) is 5.92 Å². The lowest BCUT2D eigenvalue weighted by Gasteiger charge is -2.50. The zero-order chi connectivity index (χ0) is 21.1. The van der Waals surface area contributed by atoms with Gasteiger partial charge < -0.3 is 14.9 Å². The summed E-state index contributed by atoms with van der Waals surface area (Å²) < 4.78 is 0. The van der Waals surface area contributed by atoms with Crippen LogP contribution in [0.15, 0.2) is 48.5 Å². The highest BCUT2D eigenvalue weighted by Gasteiger charge is 2.51. The minimum absolute atomic E-state index is 0.311. The number of piperidine rings is 1. The number of benzene rings is 2. The van der Waals surface area contributed by atoms with E-state index in [1.54, 1.807) is 0 Å². The van der Waals surface area contributed by atoms with E-state index in [4.69, 9.17) is 11.6 Å². The van der Waals surface area contributed by atoms with Crippen LogP contribution in [0.25, 0.3) is 0 Å². The van der Waals surface area contributed by atoms with E-state index < -0.39 is 5.60 Å². The molecule has 30 heavy (non-hydrogen) atoms. The summed E-state index contributed by atoms with van der Waals surface area (Å²) in [6.45, 7) is 8.35. The maximum absolute atomic E-state index is 11.5. The highest BCUT2D eigenvalue weighted by Crippen LogP contribution is 2.44. The molecule has 2 fully saturated rings. The van der Waals surface area contributed by atoms with Crippen LogP contribution in [0.2, 0.25) is 5.02 Å². The summed E-state index contributed by atoms with van der Waals surface area (Å²) >= 11 is 6.52. The molecular formula is C26H36ClN2O+. The molecule has 1 heterocycles. The SMILES string of the molecule is CCN(CC)c1ccc([C@@H]2[C@H]3CCCC[C@]3(O)CC[NH+]2Cc2ccccc2Cl)cc1. The zero-order valence-electron chi connectivity index (χ0n) is 18.4. The topological polar surface area (TPSA) is 27.9 Å². The van der Waals surface area contributed by atoms with E-state index in [2.05, 4.69) is 55.1 Å². The molecule has 0 amide bonds. The standard InChI is InChI=1S/C26H35ClN2O/c1-3-28(4-2)22-14-12-20(13-15-22)25-23-10-7-8-16-26(23,30)17-18-29(25)19-21-9-5-6-11-24(21)27/h5-6,9,11-15,23,25,30H,3-4,7-8,10,16-19H2,1-2H3/p+1/t23-,25-,26+/m1/s1. The van der Waals surface area contributed by atoms with Gasteiger partial charge in [-0.3, -0.25) is 0 Å². The molecule has 1 aliphatic carbocycles. The molecule has 1 unspecified atom stereocenters. The Hall–Kier alpha value is -1.55. The number of fused-ring (bicyclic) bond motifs is 1. The van der Waals surface area contributed by atoms with E-state index in [1.807, 2.05) is 12.1 Å². The Labute approximate surface area is 186 Å². The Kier molecular flexibility index (Phi) is 6.72. The van der Waals surface area contributed by atoms with Crippen molar-refractivity contribution in [3.63, 3.8) is 0 Å². The molecular weight excluding hydrogens is 392 g/mol. The summed E-state index contributed by atoms with van der Waals surface area (Å²) in [6, 6.07) is 17.7. The van der Waals surface area contributed by atoms with E-state index in [0.29, 0.717) is 12.0 Å². The third kappa shape index (κ3) is 4.26. The average molecular weight is 428 g/mol. The first-order valence-electron chi connectivity index (χ1n) is 11.7. The van der Waals surface area contributed by atoms with Gasteiger partial charge in [0.25, 0.3) is 0 Å². The lowest BCUT2D eigenvalue weighted by atomic mass is 9.66. The van der Waals surface area contributed by atoms with Gasteiger partial charge in [-0.25, -0.2) is 0 Å². The van der Waals surface area contributed by atoms with Crippen molar-refractivity contribution in [1.29, 1.82) is 0 Å². The molecule has 4 rings (SSSR count). The summed E-state index contributed by atoms with van der Waals surface area (Å²) in [7, 11) is 0. The van der Waals surface area contributed by atoms with Gasteiger partial charge in [-0.2, -0.15) is 0 Å². The first-order chi connectivity index (χ1) is 14.6. The monoisotopic (exact) mass is 427 g/mol. The van der Waals surface area contributed by atoms with Crippen molar-refractivity contribution in [3.05, 3.63) is 64.7 Å². The van der Waals surface area contributed by atoms with Gasteiger partial charge in [-0.1, -0.05) is 54.8 Å². The predicted octanol–water partition coefficient (Wildman–Crippen LogP) is 4.64. The van der Waals surface area contributed by atoms with Gasteiger partial charge in [0.1, 0.15) is 12.6 Å². The van der Waals surface area contributed by atoms with Crippen LogP contribution in [0.4, 0.5) is 5.69 Å². The van der Waals surface area contributed by atoms with Crippen molar-refractivity contribution in [2.24, 2.45) is 5.92 Å². The Morgan fingerprint density at radius 2 is 1.77 bits per heavy atom. The quantitative estimate of drug-likeness (QED) is 0.703. The number of likely N-dealkylation sites (tertiary alicyclic amines) is 1. The second-order valence-corrected chi connectivity index (χ2v) is 9.53. The number of nitrogens with zero attached hydrogens (tertiary/aromatic N) is 1. The van der Waals surface area contributed by atoms with E-state index in [9.17, 15) is 5.11 Å². The van der Waals surface area contributed by atoms with Crippen molar-refractivity contribution in [2.45, 2.75) is 64.1 Å². The van der Waals surface area contributed by atoms with E-state index in [1.165, 1.54) is 28.1 Å². The molecule has 3 nitrogen and oxygen atoms in total. The largest absolute Gasteiger partial charge is 0.389 e. The summed E-state index contributed by atoms with van der Waals surface area (Å²) in [4.78, 5) is 3.92. The van der Waals surface area contributed by atoms with Crippen LogP contribution in [-0.2, 0) is 6.54 Å². The highest BCUT2D eigenvalue weighted by atomic mass is 35.5. The van der Waals surface area contributed by atoms with Gasteiger partial charge in [0.15, 0.2) is 0 Å². The molecule has 2 aliphatic rings. The number of halogens is 1. The molecule has 0 radical (unpaired) electrons. The summed E-state index contributed by atoms with van der Waals surface area (Å²) in [6.07, 6.45) is 5.34. The van der Waals surface area contributed by atoms with Crippen molar-refractivity contribution in [3.8, 4) is 0 Å². The van der Waals surface area contributed by atoms with Crippen LogP contribution in [0.1, 0.15) is 63.1 Å². The number of rotatable bonds is 6. The fourth-order valence-electron chi connectivity index (χ4n) is 5.89. The molecule has 2 N–H and O–H groups in total. The molecule has 0 spiro atoms. The molecule has 4 atom stereocenters. The molecule has 4 heteroatoms.